The first kappa shape index (κ1) is 29.3. The Morgan fingerprint density at radius 1 is 1.11 bits per heavy atom. The maximum atomic E-state index is 13.0. The first-order valence-electron chi connectivity index (χ1n) is 12.4. The van der Waals surface area contributed by atoms with Gasteiger partial charge in [0.1, 0.15) is 24.3 Å². The van der Waals surface area contributed by atoms with E-state index in [1.165, 1.54) is 4.90 Å². The van der Waals surface area contributed by atoms with Gasteiger partial charge in [0.05, 0.1) is 0 Å². The second-order valence-corrected chi connectivity index (χ2v) is 10.3. The maximum absolute atomic E-state index is 13.0. The van der Waals surface area contributed by atoms with Gasteiger partial charge in [-0.15, -0.1) is 0 Å². The molecule has 36 heavy (non-hydrogen) atoms. The largest absolute Gasteiger partial charge is 0.460 e. The smallest absolute Gasteiger partial charge is 0.333 e. The summed E-state index contributed by atoms with van der Waals surface area (Å²) >= 11 is 0. The van der Waals surface area contributed by atoms with E-state index in [0.717, 1.165) is 5.56 Å². The summed E-state index contributed by atoms with van der Waals surface area (Å²) in [4.78, 5) is 51.7. The van der Waals surface area contributed by atoms with E-state index in [4.69, 9.17) is 20.9 Å². The van der Waals surface area contributed by atoms with E-state index in [-0.39, 0.29) is 25.0 Å². The minimum atomic E-state index is -1.49. The molecule has 4 unspecified atom stereocenters. The molecule has 10 nitrogen and oxygen atoms in total. The molecule has 4 atom stereocenters. The van der Waals surface area contributed by atoms with Crippen molar-refractivity contribution in [1.82, 2.24) is 10.2 Å². The Morgan fingerprint density at radius 2 is 1.78 bits per heavy atom. The molecule has 0 bridgehead atoms. The van der Waals surface area contributed by atoms with Gasteiger partial charge in [-0.05, 0) is 57.9 Å². The number of piperidine rings is 1. The van der Waals surface area contributed by atoms with Crippen molar-refractivity contribution in [3.63, 3.8) is 0 Å². The standard InChI is InChI=1S/C26H40N4O6/c1-17-12-14-30(23(32)21(28)25(34)36-26(2,3)4)20(15-17)22(31)29-13-8-11-19(27)24(33)35-16-18-9-6-5-7-10-18/h5-7,9-10,17,19-21H,8,11-16,27-28H2,1-4H3,(H,29,31). The summed E-state index contributed by atoms with van der Waals surface area (Å²) in [7, 11) is 0. The highest BCUT2D eigenvalue weighted by molar-refractivity contribution is 6.03. The number of amides is 2. The summed E-state index contributed by atoms with van der Waals surface area (Å²) in [5.74, 6) is -2.04. The van der Waals surface area contributed by atoms with E-state index in [1.807, 2.05) is 37.3 Å². The van der Waals surface area contributed by atoms with Crippen molar-refractivity contribution in [3.8, 4) is 0 Å². The monoisotopic (exact) mass is 504 g/mol. The summed E-state index contributed by atoms with van der Waals surface area (Å²) in [5, 5.41) is 2.82. The van der Waals surface area contributed by atoms with Gasteiger partial charge in [-0.3, -0.25) is 14.4 Å². The molecule has 1 aliphatic heterocycles. The minimum absolute atomic E-state index is 0.152. The number of hydrogen-bond donors (Lipinski definition) is 3. The van der Waals surface area contributed by atoms with Crippen molar-refractivity contribution in [1.29, 1.82) is 0 Å². The lowest BCUT2D eigenvalue weighted by molar-refractivity contribution is -0.162. The van der Waals surface area contributed by atoms with Crippen molar-refractivity contribution >= 4 is 23.8 Å². The molecule has 0 aliphatic carbocycles. The van der Waals surface area contributed by atoms with Crippen LogP contribution in [0.15, 0.2) is 30.3 Å². The van der Waals surface area contributed by atoms with Crippen LogP contribution in [-0.4, -0.2) is 65.5 Å². The lowest BCUT2D eigenvalue weighted by atomic mass is 9.91. The minimum Gasteiger partial charge on any atom is -0.460 e. The van der Waals surface area contributed by atoms with Gasteiger partial charge in [0, 0.05) is 13.1 Å². The highest BCUT2D eigenvalue weighted by atomic mass is 16.6. The molecule has 2 rings (SSSR count). The molecule has 10 heteroatoms. The molecular weight excluding hydrogens is 464 g/mol. The number of esters is 2. The number of ether oxygens (including phenoxy) is 2. The third-order valence-corrected chi connectivity index (χ3v) is 5.89. The maximum Gasteiger partial charge on any atom is 0.333 e. The van der Waals surface area contributed by atoms with Crippen LogP contribution in [0.3, 0.4) is 0 Å². The molecule has 0 aromatic heterocycles. The Labute approximate surface area is 213 Å². The molecule has 0 spiro atoms. The van der Waals surface area contributed by atoms with Gasteiger partial charge in [0.2, 0.25) is 5.91 Å². The van der Waals surface area contributed by atoms with E-state index in [0.29, 0.717) is 32.2 Å². The van der Waals surface area contributed by atoms with Crippen LogP contribution in [0.25, 0.3) is 0 Å². The van der Waals surface area contributed by atoms with Crippen molar-refractivity contribution < 1.29 is 28.7 Å². The average molecular weight is 505 g/mol. The zero-order valence-electron chi connectivity index (χ0n) is 21.7. The molecule has 1 aromatic rings. The topological polar surface area (TPSA) is 154 Å². The van der Waals surface area contributed by atoms with Gasteiger partial charge in [0.15, 0.2) is 6.04 Å². The molecule has 5 N–H and O–H groups in total. The zero-order valence-corrected chi connectivity index (χ0v) is 21.7. The Bertz CT molecular complexity index is 901. The number of hydrogen-bond acceptors (Lipinski definition) is 8. The van der Waals surface area contributed by atoms with Crippen LogP contribution in [0, 0.1) is 5.92 Å². The quantitative estimate of drug-likeness (QED) is 0.244. The second-order valence-electron chi connectivity index (χ2n) is 10.3. The predicted molar refractivity (Wildman–Crippen MR) is 134 cm³/mol. The lowest BCUT2D eigenvalue weighted by Gasteiger charge is -2.38. The van der Waals surface area contributed by atoms with Crippen LogP contribution < -0.4 is 16.8 Å². The van der Waals surface area contributed by atoms with Crippen LogP contribution in [0.4, 0.5) is 0 Å². The summed E-state index contributed by atoms with van der Waals surface area (Å²) in [6.45, 7) is 7.84. The van der Waals surface area contributed by atoms with Crippen molar-refractivity contribution in [3.05, 3.63) is 35.9 Å². The van der Waals surface area contributed by atoms with Gasteiger partial charge < -0.3 is 31.2 Å². The molecule has 1 saturated heterocycles. The van der Waals surface area contributed by atoms with Crippen molar-refractivity contribution in [2.75, 3.05) is 13.1 Å². The molecular formula is C26H40N4O6. The summed E-state index contributed by atoms with van der Waals surface area (Å²) < 4.78 is 10.5. The van der Waals surface area contributed by atoms with E-state index >= 15 is 0 Å². The molecule has 200 valence electrons. The summed E-state index contributed by atoms with van der Waals surface area (Å²) in [5.41, 5.74) is 11.9. The summed E-state index contributed by atoms with van der Waals surface area (Å²) in [6.07, 6.45) is 1.96. The number of carbonyl (C=O) groups excluding carboxylic acids is 4. The Morgan fingerprint density at radius 3 is 2.42 bits per heavy atom. The van der Waals surface area contributed by atoms with Crippen LogP contribution in [0.1, 0.15) is 58.9 Å². The second kappa shape index (κ2) is 13.4. The van der Waals surface area contributed by atoms with Crippen molar-refractivity contribution in [2.24, 2.45) is 17.4 Å². The fraction of sp³-hybridized carbons (Fsp3) is 0.615. The number of benzene rings is 1. The number of nitrogens with two attached hydrogens (primary N) is 2. The van der Waals surface area contributed by atoms with E-state index in [9.17, 15) is 19.2 Å². The SMILES string of the molecule is CC1CCN(C(=O)C(N)C(=O)OC(C)(C)C)C(C(=O)NCCCC(N)C(=O)OCc2ccccc2)C1. The predicted octanol–water partition coefficient (Wildman–Crippen LogP) is 1.25. The third-order valence-electron chi connectivity index (χ3n) is 5.89. The lowest BCUT2D eigenvalue weighted by Crippen LogP contribution is -2.59. The molecule has 1 fully saturated rings. The summed E-state index contributed by atoms with van der Waals surface area (Å²) in [6, 6.07) is 6.28. The Balaban J connectivity index is 1.83. The van der Waals surface area contributed by atoms with Crippen LogP contribution >= 0.6 is 0 Å². The number of nitrogens with one attached hydrogen (secondary N) is 1. The average Bonchev–Trinajstić information content (AvgIpc) is 2.83. The molecule has 1 aliphatic rings. The number of carbonyl (C=O) groups is 4. The number of rotatable bonds is 10. The van der Waals surface area contributed by atoms with Gasteiger partial charge >= 0.3 is 11.9 Å². The fourth-order valence-electron chi connectivity index (χ4n) is 3.90. The highest BCUT2D eigenvalue weighted by Crippen LogP contribution is 2.24. The van der Waals surface area contributed by atoms with Gasteiger partial charge in [-0.25, -0.2) is 4.79 Å². The Hall–Kier alpha value is -2.98. The molecule has 1 aromatic carbocycles. The van der Waals surface area contributed by atoms with E-state index in [1.54, 1.807) is 20.8 Å². The number of nitrogens with zero attached hydrogens (tertiary/aromatic N) is 1. The first-order valence-corrected chi connectivity index (χ1v) is 12.4. The van der Waals surface area contributed by atoms with Crippen LogP contribution in [-0.2, 0) is 35.3 Å². The van der Waals surface area contributed by atoms with Crippen molar-refractivity contribution in [2.45, 2.75) is 83.7 Å². The van der Waals surface area contributed by atoms with Gasteiger partial charge in [-0.2, -0.15) is 0 Å². The normalized spacial score (nSPS) is 19.7. The molecule has 2 amide bonds. The molecule has 1 heterocycles. The molecule has 0 radical (unpaired) electrons. The van der Waals surface area contributed by atoms with Gasteiger partial charge in [0.25, 0.3) is 5.91 Å². The van der Waals surface area contributed by atoms with Crippen LogP contribution in [0.5, 0.6) is 0 Å². The third kappa shape index (κ3) is 9.23. The number of likely N-dealkylation sites (tertiary alicyclic amines) is 1. The zero-order chi connectivity index (χ0) is 26.9. The Kier molecular flexibility index (Phi) is 10.9. The highest BCUT2D eigenvalue weighted by Gasteiger charge is 2.39. The van der Waals surface area contributed by atoms with E-state index < -0.39 is 41.6 Å². The van der Waals surface area contributed by atoms with Gasteiger partial charge in [-0.1, -0.05) is 37.3 Å². The van der Waals surface area contributed by atoms with Crippen LogP contribution in [0.2, 0.25) is 0 Å². The van der Waals surface area contributed by atoms with E-state index in [2.05, 4.69) is 5.32 Å². The fourth-order valence-corrected chi connectivity index (χ4v) is 3.90. The first-order chi connectivity index (χ1) is 16.9. The molecule has 0 saturated carbocycles.